The van der Waals surface area contributed by atoms with Crippen LogP contribution in [-0.4, -0.2) is 23.2 Å². The van der Waals surface area contributed by atoms with Gasteiger partial charge in [-0.1, -0.05) is 43.0 Å². The van der Waals surface area contributed by atoms with Crippen LogP contribution in [0.5, 0.6) is 0 Å². The molecule has 3 nitrogen and oxygen atoms in total. The minimum absolute atomic E-state index is 0.0479. The zero-order chi connectivity index (χ0) is 13.7. The first-order chi connectivity index (χ1) is 9.15. The lowest BCUT2D eigenvalue weighted by Gasteiger charge is -2.21. The Hall–Kier alpha value is -1.06. The van der Waals surface area contributed by atoms with Crippen molar-refractivity contribution in [1.29, 1.82) is 0 Å². The molecule has 1 amide bonds. The molecule has 2 unspecified atom stereocenters. The van der Waals surface area contributed by atoms with E-state index >= 15 is 0 Å². The van der Waals surface area contributed by atoms with Crippen molar-refractivity contribution in [3.8, 4) is 0 Å². The van der Waals surface area contributed by atoms with Gasteiger partial charge in [0.05, 0.1) is 18.6 Å². The number of rotatable bonds is 3. The normalized spacial score (nSPS) is 23.7. The van der Waals surface area contributed by atoms with Gasteiger partial charge in [-0.25, -0.2) is 0 Å². The fraction of sp³-hybridized carbons (Fsp3) is 0.533. The number of hydrogen-bond donors (Lipinski definition) is 2. The van der Waals surface area contributed by atoms with Crippen molar-refractivity contribution in [2.24, 2.45) is 0 Å². The summed E-state index contributed by atoms with van der Waals surface area (Å²) in [5.74, 6) is -0.0479. The number of halogens is 1. The van der Waals surface area contributed by atoms with Crippen molar-refractivity contribution in [2.45, 2.75) is 50.7 Å². The van der Waals surface area contributed by atoms with Gasteiger partial charge in [0.15, 0.2) is 0 Å². The minimum Gasteiger partial charge on any atom is -0.391 e. The standard InChI is InChI=1S/C15H20ClNO2/c16-12-6-4-5-11(9-12)10-15(19)17-13-7-2-1-3-8-14(13)18/h4-6,9,13-14,18H,1-3,7-8,10H2,(H,17,19). The van der Waals surface area contributed by atoms with Gasteiger partial charge in [-0.15, -0.1) is 0 Å². The summed E-state index contributed by atoms with van der Waals surface area (Å²) in [7, 11) is 0. The van der Waals surface area contributed by atoms with Crippen molar-refractivity contribution in [1.82, 2.24) is 5.32 Å². The third-order valence-corrected chi connectivity index (χ3v) is 3.81. The van der Waals surface area contributed by atoms with Crippen molar-refractivity contribution in [3.63, 3.8) is 0 Å². The molecule has 1 aromatic carbocycles. The Morgan fingerprint density at radius 2 is 2.11 bits per heavy atom. The molecule has 0 aromatic heterocycles. The molecule has 0 bridgehead atoms. The molecule has 4 heteroatoms. The largest absolute Gasteiger partial charge is 0.391 e. The van der Waals surface area contributed by atoms with Crippen LogP contribution in [-0.2, 0) is 11.2 Å². The van der Waals surface area contributed by atoms with Crippen molar-refractivity contribution in [2.75, 3.05) is 0 Å². The highest BCUT2D eigenvalue weighted by atomic mass is 35.5. The summed E-state index contributed by atoms with van der Waals surface area (Å²) in [5.41, 5.74) is 0.896. The average Bonchev–Trinajstić information content (AvgIpc) is 2.55. The van der Waals surface area contributed by atoms with Crippen molar-refractivity contribution >= 4 is 17.5 Å². The molecule has 0 aliphatic heterocycles. The van der Waals surface area contributed by atoms with Crippen LogP contribution in [0.4, 0.5) is 0 Å². The van der Waals surface area contributed by atoms with Gasteiger partial charge < -0.3 is 10.4 Å². The summed E-state index contributed by atoms with van der Waals surface area (Å²) in [4.78, 5) is 12.0. The molecule has 0 spiro atoms. The predicted molar refractivity (Wildman–Crippen MR) is 76.2 cm³/mol. The maximum absolute atomic E-state index is 12.0. The van der Waals surface area contributed by atoms with Crippen molar-refractivity contribution in [3.05, 3.63) is 34.9 Å². The van der Waals surface area contributed by atoms with Gasteiger partial charge in [-0.3, -0.25) is 4.79 Å². The van der Waals surface area contributed by atoms with Crippen LogP contribution in [0.15, 0.2) is 24.3 Å². The number of hydrogen-bond acceptors (Lipinski definition) is 2. The number of benzene rings is 1. The maximum Gasteiger partial charge on any atom is 0.224 e. The summed E-state index contributed by atoms with van der Waals surface area (Å²) in [5, 5.41) is 13.6. The van der Waals surface area contributed by atoms with E-state index in [0.29, 0.717) is 11.4 Å². The van der Waals surface area contributed by atoms with Crippen molar-refractivity contribution < 1.29 is 9.90 Å². The van der Waals surface area contributed by atoms with E-state index in [9.17, 15) is 9.90 Å². The van der Waals surface area contributed by atoms with Gasteiger partial charge in [0.1, 0.15) is 0 Å². The van der Waals surface area contributed by atoms with E-state index in [0.717, 1.165) is 37.7 Å². The molecule has 1 aliphatic carbocycles. The molecular weight excluding hydrogens is 262 g/mol. The van der Waals surface area contributed by atoms with Crippen LogP contribution < -0.4 is 5.32 Å². The predicted octanol–water partition coefficient (Wildman–Crippen LogP) is 2.69. The summed E-state index contributed by atoms with van der Waals surface area (Å²) in [6.45, 7) is 0. The Kier molecular flexibility index (Phi) is 5.23. The van der Waals surface area contributed by atoms with Gasteiger partial charge >= 0.3 is 0 Å². The fourth-order valence-corrected chi connectivity index (χ4v) is 2.76. The lowest BCUT2D eigenvalue weighted by atomic mass is 10.1. The van der Waals surface area contributed by atoms with Gasteiger partial charge in [0, 0.05) is 5.02 Å². The van der Waals surface area contributed by atoms with E-state index in [1.807, 2.05) is 12.1 Å². The summed E-state index contributed by atoms with van der Waals surface area (Å²) >= 11 is 5.89. The van der Waals surface area contributed by atoms with Gasteiger partial charge in [0.2, 0.25) is 5.91 Å². The number of carbonyl (C=O) groups excluding carboxylic acids is 1. The fourth-order valence-electron chi connectivity index (χ4n) is 2.55. The van der Waals surface area contributed by atoms with Gasteiger partial charge in [0.25, 0.3) is 0 Å². The van der Waals surface area contributed by atoms with Crippen LogP contribution in [0.1, 0.15) is 37.7 Å². The highest BCUT2D eigenvalue weighted by Gasteiger charge is 2.22. The second kappa shape index (κ2) is 6.92. The molecule has 0 heterocycles. The molecule has 2 atom stereocenters. The number of aliphatic hydroxyl groups is 1. The number of aliphatic hydroxyl groups excluding tert-OH is 1. The molecule has 2 rings (SSSR count). The molecule has 1 aromatic rings. The quantitative estimate of drug-likeness (QED) is 0.837. The molecule has 1 aliphatic rings. The highest BCUT2D eigenvalue weighted by Crippen LogP contribution is 2.18. The second-order valence-electron chi connectivity index (χ2n) is 5.19. The second-order valence-corrected chi connectivity index (χ2v) is 5.62. The third kappa shape index (κ3) is 4.51. The smallest absolute Gasteiger partial charge is 0.224 e. The topological polar surface area (TPSA) is 49.3 Å². The molecule has 19 heavy (non-hydrogen) atoms. The Labute approximate surface area is 119 Å². The van der Waals surface area contributed by atoms with E-state index in [2.05, 4.69) is 5.32 Å². The Balaban J connectivity index is 1.89. The zero-order valence-corrected chi connectivity index (χ0v) is 11.7. The molecule has 1 fully saturated rings. The molecular formula is C15H20ClNO2. The lowest BCUT2D eigenvalue weighted by molar-refractivity contribution is -0.122. The first kappa shape index (κ1) is 14.4. The van der Waals surface area contributed by atoms with E-state index in [1.165, 1.54) is 0 Å². The summed E-state index contributed by atoms with van der Waals surface area (Å²) in [6, 6.07) is 7.21. The Morgan fingerprint density at radius 3 is 2.89 bits per heavy atom. The monoisotopic (exact) mass is 281 g/mol. The first-order valence-electron chi connectivity index (χ1n) is 6.87. The summed E-state index contributed by atoms with van der Waals surface area (Å²) in [6.07, 6.45) is 4.79. The molecule has 104 valence electrons. The molecule has 2 N–H and O–H groups in total. The first-order valence-corrected chi connectivity index (χ1v) is 7.25. The third-order valence-electron chi connectivity index (χ3n) is 3.58. The van der Waals surface area contributed by atoms with E-state index in [4.69, 9.17) is 11.6 Å². The van der Waals surface area contributed by atoms with Crippen LogP contribution in [0, 0.1) is 0 Å². The molecule has 1 saturated carbocycles. The van der Waals surface area contributed by atoms with Gasteiger partial charge in [-0.05, 0) is 30.5 Å². The molecule has 0 radical (unpaired) electrons. The van der Waals surface area contributed by atoms with E-state index in [-0.39, 0.29) is 11.9 Å². The molecule has 0 saturated heterocycles. The van der Waals surface area contributed by atoms with Gasteiger partial charge in [-0.2, -0.15) is 0 Å². The number of nitrogens with one attached hydrogen (secondary N) is 1. The minimum atomic E-state index is -0.411. The van der Waals surface area contributed by atoms with Crippen LogP contribution in [0.2, 0.25) is 5.02 Å². The van der Waals surface area contributed by atoms with Crippen LogP contribution in [0.3, 0.4) is 0 Å². The SMILES string of the molecule is O=C(Cc1cccc(Cl)c1)NC1CCCCCC1O. The number of amides is 1. The summed E-state index contributed by atoms with van der Waals surface area (Å²) < 4.78 is 0. The van der Waals surface area contributed by atoms with Crippen LogP contribution >= 0.6 is 11.6 Å². The zero-order valence-electron chi connectivity index (χ0n) is 10.9. The maximum atomic E-state index is 12.0. The average molecular weight is 282 g/mol. The van der Waals surface area contributed by atoms with Crippen LogP contribution in [0.25, 0.3) is 0 Å². The Morgan fingerprint density at radius 1 is 1.32 bits per heavy atom. The Bertz CT molecular complexity index is 436. The lowest BCUT2D eigenvalue weighted by Crippen LogP contribution is -2.43. The van der Waals surface area contributed by atoms with E-state index < -0.39 is 6.10 Å². The number of carbonyl (C=O) groups is 1. The van der Waals surface area contributed by atoms with E-state index in [1.54, 1.807) is 12.1 Å². The highest BCUT2D eigenvalue weighted by molar-refractivity contribution is 6.30.